The van der Waals surface area contributed by atoms with Gasteiger partial charge in [0, 0.05) is 17.0 Å². The Morgan fingerprint density at radius 1 is 1.00 bits per heavy atom. The summed E-state index contributed by atoms with van der Waals surface area (Å²) >= 11 is 0. The third kappa shape index (κ3) is 5.64. The normalized spacial score (nSPS) is 26.5. The number of amides is 1. The fourth-order valence-corrected chi connectivity index (χ4v) is 5.08. The second-order valence-electron chi connectivity index (χ2n) is 7.15. The van der Waals surface area contributed by atoms with E-state index in [1.807, 2.05) is 67.6 Å². The van der Waals surface area contributed by atoms with Gasteiger partial charge in [-0.3, -0.25) is 4.79 Å². The molecule has 0 bridgehead atoms. The van der Waals surface area contributed by atoms with E-state index < -0.39 is 38.8 Å². The van der Waals surface area contributed by atoms with Crippen molar-refractivity contribution in [1.29, 1.82) is 0 Å². The number of aliphatic hydroxyl groups is 3. The summed E-state index contributed by atoms with van der Waals surface area (Å²) in [5, 5.41) is 35.8. The van der Waals surface area contributed by atoms with Crippen LogP contribution in [-0.2, 0) is 14.1 Å². The number of rotatable bonds is 8. The number of benzene rings is 2. The molecule has 0 aliphatic carbocycles. The lowest BCUT2D eigenvalue weighted by Gasteiger charge is -2.41. The highest BCUT2D eigenvalue weighted by Gasteiger charge is 2.44. The molecule has 1 aliphatic rings. The van der Waals surface area contributed by atoms with Gasteiger partial charge in [0.2, 0.25) is 5.91 Å². The molecule has 3 rings (SSSR count). The molecule has 1 saturated heterocycles. The van der Waals surface area contributed by atoms with Crippen LogP contribution in [0, 0.1) is 0 Å². The number of carbonyl (C=O) groups excluding carboxylic acids is 1. The Morgan fingerprint density at radius 3 is 2.10 bits per heavy atom. The zero-order chi connectivity index (χ0) is 21.5. The van der Waals surface area contributed by atoms with Crippen molar-refractivity contribution in [3.63, 3.8) is 0 Å². The molecule has 0 spiro atoms. The molecular formula is C22H28NO6P. The second-order valence-corrected chi connectivity index (χ2v) is 9.03. The molecule has 162 valence electrons. The molecule has 8 heteroatoms. The van der Waals surface area contributed by atoms with Crippen molar-refractivity contribution in [3.05, 3.63) is 60.7 Å². The smallest absolute Gasteiger partial charge is 0.220 e. The van der Waals surface area contributed by atoms with E-state index in [9.17, 15) is 20.1 Å². The first-order valence-corrected chi connectivity index (χ1v) is 11.3. The zero-order valence-electron chi connectivity index (χ0n) is 16.8. The molecule has 5 atom stereocenters. The van der Waals surface area contributed by atoms with Gasteiger partial charge in [-0.25, -0.2) is 0 Å². The fraction of sp³-hybridized carbons (Fsp3) is 0.409. The summed E-state index contributed by atoms with van der Waals surface area (Å²) in [5.74, 6) is -0.317. The molecule has 4 N–H and O–H groups in total. The maximum atomic E-state index is 11.8. The van der Waals surface area contributed by atoms with Crippen LogP contribution < -0.4 is 15.9 Å². The maximum absolute atomic E-state index is 11.8. The molecule has 7 nitrogen and oxygen atoms in total. The van der Waals surface area contributed by atoms with Gasteiger partial charge in [0.05, 0.1) is 14.8 Å². The van der Waals surface area contributed by atoms with Crippen LogP contribution >= 0.6 is 8.15 Å². The lowest BCUT2D eigenvalue weighted by Crippen LogP contribution is -2.64. The maximum Gasteiger partial charge on any atom is 0.220 e. The number of aliphatic hydroxyl groups excluding tert-OH is 3. The van der Waals surface area contributed by atoms with Gasteiger partial charge in [-0.2, -0.15) is 0 Å². The second kappa shape index (κ2) is 11.0. The number of carbonyl (C=O) groups is 1. The third-order valence-corrected chi connectivity index (χ3v) is 6.82. The van der Waals surface area contributed by atoms with E-state index in [1.165, 1.54) is 0 Å². The Balaban J connectivity index is 1.68. The molecule has 0 radical (unpaired) electrons. The highest BCUT2D eigenvalue weighted by molar-refractivity contribution is 7.68. The van der Waals surface area contributed by atoms with Crippen LogP contribution in [-0.4, -0.2) is 58.5 Å². The van der Waals surface area contributed by atoms with E-state index in [1.54, 1.807) is 0 Å². The summed E-state index contributed by atoms with van der Waals surface area (Å²) < 4.78 is 11.6. The van der Waals surface area contributed by atoms with Crippen molar-refractivity contribution in [2.75, 3.05) is 6.61 Å². The molecule has 0 aromatic heterocycles. The lowest BCUT2D eigenvalue weighted by atomic mass is 9.97. The minimum atomic E-state index is -1.45. The first-order valence-electron chi connectivity index (χ1n) is 10.0. The van der Waals surface area contributed by atoms with Crippen LogP contribution in [0.15, 0.2) is 60.7 Å². The molecule has 1 heterocycles. The molecule has 1 amide bonds. The molecule has 2 aromatic carbocycles. The summed E-state index contributed by atoms with van der Waals surface area (Å²) in [4.78, 5) is 11.8. The summed E-state index contributed by atoms with van der Waals surface area (Å²) in [6, 6.07) is 18.4. The Kier molecular flexibility index (Phi) is 8.33. The van der Waals surface area contributed by atoms with E-state index in [2.05, 4.69) is 5.32 Å². The monoisotopic (exact) mass is 433 g/mol. The summed E-state index contributed by atoms with van der Waals surface area (Å²) in [7, 11) is -1.18. The largest absolute Gasteiger partial charge is 0.388 e. The average Bonchev–Trinajstić information content (AvgIpc) is 2.76. The van der Waals surface area contributed by atoms with Crippen molar-refractivity contribution in [2.24, 2.45) is 0 Å². The van der Waals surface area contributed by atoms with Crippen LogP contribution in [0.3, 0.4) is 0 Å². The quantitative estimate of drug-likeness (QED) is 0.458. The van der Waals surface area contributed by atoms with Crippen LogP contribution in [0.2, 0.25) is 0 Å². The van der Waals surface area contributed by atoms with Gasteiger partial charge in [0.25, 0.3) is 0 Å². The number of hydrogen-bond acceptors (Lipinski definition) is 6. The number of hydrogen-bond donors (Lipinski definition) is 4. The Morgan fingerprint density at radius 2 is 1.57 bits per heavy atom. The van der Waals surface area contributed by atoms with Crippen LogP contribution in [0.4, 0.5) is 0 Å². The SMILES string of the molecule is CCCC(=O)N[C@H]1C(O)O[C@H](COP(c2ccccc2)c2ccccc2)[C@@H](O)[C@@H]1O. The van der Waals surface area contributed by atoms with Crippen LogP contribution in [0.1, 0.15) is 19.8 Å². The van der Waals surface area contributed by atoms with Gasteiger partial charge in [0.1, 0.15) is 24.4 Å². The summed E-state index contributed by atoms with van der Waals surface area (Å²) in [6.45, 7) is 1.82. The summed E-state index contributed by atoms with van der Waals surface area (Å²) in [6.07, 6.45) is -4.18. The van der Waals surface area contributed by atoms with E-state index >= 15 is 0 Å². The van der Waals surface area contributed by atoms with Crippen LogP contribution in [0.25, 0.3) is 0 Å². The van der Waals surface area contributed by atoms with Gasteiger partial charge in [0.15, 0.2) is 6.29 Å². The topological polar surface area (TPSA) is 108 Å². The van der Waals surface area contributed by atoms with Crippen molar-refractivity contribution < 1.29 is 29.4 Å². The first kappa shape index (κ1) is 22.8. The lowest BCUT2D eigenvalue weighted by molar-refractivity contribution is -0.252. The van der Waals surface area contributed by atoms with E-state index in [0.29, 0.717) is 6.42 Å². The minimum Gasteiger partial charge on any atom is -0.388 e. The van der Waals surface area contributed by atoms with Gasteiger partial charge >= 0.3 is 0 Å². The van der Waals surface area contributed by atoms with Crippen molar-refractivity contribution in [3.8, 4) is 0 Å². The van der Waals surface area contributed by atoms with E-state index in [0.717, 1.165) is 10.6 Å². The van der Waals surface area contributed by atoms with Gasteiger partial charge in [-0.15, -0.1) is 0 Å². The van der Waals surface area contributed by atoms with Gasteiger partial charge in [-0.1, -0.05) is 67.6 Å². The first-order chi connectivity index (χ1) is 14.5. The average molecular weight is 433 g/mol. The predicted octanol–water partition coefficient (Wildman–Crippen LogP) is 0.775. The molecule has 1 fully saturated rings. The molecule has 0 saturated carbocycles. The standard InChI is InChI=1S/C22H28NO6P/c1-2-9-18(24)23-19-21(26)20(25)17(29-22(19)27)14-28-30(15-10-5-3-6-11-15)16-12-7-4-8-13-16/h3-8,10-13,17,19-22,25-27H,2,9,14H2,1H3,(H,23,24)/t17-,19-,20-,21-,22?/m1/s1. The summed E-state index contributed by atoms with van der Waals surface area (Å²) in [5.41, 5.74) is 0. The minimum absolute atomic E-state index is 0.0274. The Labute approximate surface area is 177 Å². The Hall–Kier alpha value is -1.86. The zero-order valence-corrected chi connectivity index (χ0v) is 17.7. The van der Waals surface area contributed by atoms with E-state index in [4.69, 9.17) is 9.26 Å². The molecule has 1 unspecified atom stereocenters. The number of ether oxygens (including phenoxy) is 1. The predicted molar refractivity (Wildman–Crippen MR) is 115 cm³/mol. The molecule has 1 aliphatic heterocycles. The Bertz CT molecular complexity index is 753. The number of nitrogens with one attached hydrogen (secondary N) is 1. The highest BCUT2D eigenvalue weighted by atomic mass is 31.1. The van der Waals surface area contributed by atoms with Crippen molar-refractivity contribution >= 4 is 24.7 Å². The molecular weight excluding hydrogens is 405 g/mol. The highest BCUT2D eigenvalue weighted by Crippen LogP contribution is 2.36. The van der Waals surface area contributed by atoms with Gasteiger partial charge < -0.3 is 29.9 Å². The molecule has 2 aromatic rings. The van der Waals surface area contributed by atoms with Crippen LogP contribution in [0.5, 0.6) is 0 Å². The molecule has 30 heavy (non-hydrogen) atoms. The fourth-order valence-electron chi connectivity index (χ4n) is 3.30. The van der Waals surface area contributed by atoms with Crippen molar-refractivity contribution in [1.82, 2.24) is 5.32 Å². The third-order valence-electron chi connectivity index (χ3n) is 4.87. The van der Waals surface area contributed by atoms with E-state index in [-0.39, 0.29) is 18.9 Å². The van der Waals surface area contributed by atoms with Crippen molar-refractivity contribution in [2.45, 2.75) is 50.4 Å². The van der Waals surface area contributed by atoms with Gasteiger partial charge in [-0.05, 0) is 6.42 Å².